The predicted octanol–water partition coefficient (Wildman–Crippen LogP) is 8.53. The number of carboxylic acids is 1. The fourth-order valence-corrected chi connectivity index (χ4v) is 6.28. The summed E-state index contributed by atoms with van der Waals surface area (Å²) in [7, 11) is 1.00. The van der Waals surface area contributed by atoms with Gasteiger partial charge in [0.1, 0.15) is 0 Å². The van der Waals surface area contributed by atoms with E-state index in [1.54, 1.807) is 12.1 Å². The fraction of sp³-hybridized carbons (Fsp3) is 0.487. The first-order valence-corrected chi connectivity index (χ1v) is 20.1. The standard InChI is InChI=1S/C19H24N2O2.C13H13NO3.C6H13N.CH3PS/c1-13-17(11-12-18(13)22)20-16-9-7-14(8-10-16)19(23)21-15-5-3-2-4-6-15;1-8-11(6-7-12(8)15)14-10-4-2-9(3-5-10)13(16)17;7-6-4-2-1-3-5-6;1-2-3/h7-10,15,20H,2-6,11-12H2,1H3,(H,21,23);2-5,14H,6-7H2,1H3,(H,16,17);6H,1-5,7H2;1H3. The molecule has 50 heavy (non-hydrogen) atoms. The normalized spacial score (nSPS) is 17.9. The zero-order valence-electron chi connectivity index (χ0n) is 29.7. The smallest absolute Gasteiger partial charge is 0.335 e. The van der Waals surface area contributed by atoms with Crippen LogP contribution in [0.5, 0.6) is 0 Å². The average Bonchev–Trinajstić information content (AvgIpc) is 3.61. The minimum atomic E-state index is -0.942. The number of ketones is 2. The van der Waals surface area contributed by atoms with Crippen molar-refractivity contribution >= 4 is 54.0 Å². The number of Topliss-reactive ketones (excluding diaryl/α,β-unsaturated/α-hetero) is 2. The highest BCUT2D eigenvalue weighted by Gasteiger charge is 2.21. The van der Waals surface area contributed by atoms with Crippen LogP contribution in [0.2, 0.25) is 0 Å². The van der Waals surface area contributed by atoms with Crippen LogP contribution < -0.4 is 21.7 Å². The summed E-state index contributed by atoms with van der Waals surface area (Å²) in [5.74, 6) is -0.538. The lowest BCUT2D eigenvalue weighted by molar-refractivity contribution is -0.115. The Morgan fingerprint density at radius 3 is 1.44 bits per heavy atom. The molecule has 4 aliphatic rings. The van der Waals surface area contributed by atoms with E-state index >= 15 is 0 Å². The van der Waals surface area contributed by atoms with Crippen molar-refractivity contribution in [2.75, 3.05) is 17.3 Å². The summed E-state index contributed by atoms with van der Waals surface area (Å²) >= 11 is 4.37. The van der Waals surface area contributed by atoms with Gasteiger partial charge < -0.3 is 26.8 Å². The summed E-state index contributed by atoms with van der Waals surface area (Å²) in [6, 6.07) is 14.8. The molecule has 4 aliphatic carbocycles. The van der Waals surface area contributed by atoms with E-state index in [-0.39, 0.29) is 23.0 Å². The van der Waals surface area contributed by atoms with Crippen LogP contribution in [0, 0.1) is 0 Å². The highest BCUT2D eigenvalue weighted by molar-refractivity contribution is 7.96. The number of nitrogens with two attached hydrogens (primary N) is 1. The Balaban J connectivity index is 0.000000218. The minimum Gasteiger partial charge on any atom is -0.478 e. The van der Waals surface area contributed by atoms with Crippen LogP contribution in [0.25, 0.3) is 0 Å². The second-order valence-electron chi connectivity index (χ2n) is 13.2. The summed E-state index contributed by atoms with van der Waals surface area (Å²) in [6.07, 6.45) is 15.2. The molecule has 270 valence electrons. The summed E-state index contributed by atoms with van der Waals surface area (Å²) in [5.41, 5.74) is 11.8. The lowest BCUT2D eigenvalue weighted by Crippen LogP contribution is -2.36. The van der Waals surface area contributed by atoms with Crippen LogP contribution in [0.15, 0.2) is 71.1 Å². The Morgan fingerprint density at radius 2 is 1.10 bits per heavy atom. The number of aromatic carboxylic acids is 1. The third-order valence-electron chi connectivity index (χ3n) is 9.41. The quantitative estimate of drug-likeness (QED) is 0.177. The summed E-state index contributed by atoms with van der Waals surface area (Å²) in [6.45, 7) is 5.59. The van der Waals surface area contributed by atoms with Crippen LogP contribution in [0.4, 0.5) is 11.4 Å². The molecule has 6 N–H and O–H groups in total. The molecule has 2 fully saturated rings. The average molecular weight is 721 g/mol. The molecule has 0 unspecified atom stereocenters. The van der Waals surface area contributed by atoms with Gasteiger partial charge in [-0.2, -0.15) is 0 Å². The van der Waals surface area contributed by atoms with Crippen LogP contribution in [-0.2, 0) is 21.4 Å². The maximum atomic E-state index is 12.3. The van der Waals surface area contributed by atoms with E-state index in [1.165, 1.54) is 63.5 Å². The van der Waals surface area contributed by atoms with Gasteiger partial charge in [-0.05, 0) is 115 Å². The minimum absolute atomic E-state index is 0.00916. The molecule has 11 heteroatoms. The van der Waals surface area contributed by atoms with Crippen LogP contribution in [0.1, 0.15) is 124 Å². The lowest BCUT2D eigenvalue weighted by atomic mass is 9.95. The fourth-order valence-electron chi connectivity index (χ4n) is 6.28. The van der Waals surface area contributed by atoms with Crippen molar-refractivity contribution in [2.45, 2.75) is 116 Å². The first-order chi connectivity index (χ1) is 24.0. The number of nitrogens with one attached hydrogen (secondary N) is 3. The maximum absolute atomic E-state index is 12.3. The van der Waals surface area contributed by atoms with Gasteiger partial charge in [0.05, 0.1) is 5.56 Å². The van der Waals surface area contributed by atoms with E-state index in [0.717, 1.165) is 67.0 Å². The van der Waals surface area contributed by atoms with Crippen LogP contribution in [-0.4, -0.2) is 47.3 Å². The van der Waals surface area contributed by atoms with Crippen molar-refractivity contribution in [1.82, 2.24) is 5.32 Å². The second kappa shape index (κ2) is 21.5. The third kappa shape index (κ3) is 13.5. The summed E-state index contributed by atoms with van der Waals surface area (Å²) in [4.78, 5) is 45.9. The van der Waals surface area contributed by atoms with Gasteiger partial charge in [-0.15, -0.1) is 0 Å². The number of rotatable bonds is 7. The molecular weight excluding hydrogens is 667 g/mol. The molecule has 0 atom stereocenters. The van der Waals surface area contributed by atoms with E-state index in [1.807, 2.05) is 44.8 Å². The number of amides is 1. The highest BCUT2D eigenvalue weighted by Crippen LogP contribution is 2.26. The zero-order valence-corrected chi connectivity index (χ0v) is 31.4. The van der Waals surface area contributed by atoms with Gasteiger partial charge in [-0.3, -0.25) is 14.4 Å². The number of benzene rings is 2. The van der Waals surface area contributed by atoms with E-state index in [4.69, 9.17) is 10.8 Å². The first kappa shape index (κ1) is 40.7. The van der Waals surface area contributed by atoms with Crippen molar-refractivity contribution in [3.63, 3.8) is 0 Å². The SMILES string of the molecule is CC1=C(Nc2ccc(C(=O)NC3CCCCC3)cc2)CCC1=O.CC1=C(Nc2ccc(C(=O)O)cc2)CCC1=O.CP=S.NC1CCCCC1. The molecule has 9 nitrogen and oxygen atoms in total. The number of carbonyl (C=O) groups excluding carboxylic acids is 3. The Morgan fingerprint density at radius 1 is 0.700 bits per heavy atom. The monoisotopic (exact) mass is 720 g/mol. The van der Waals surface area contributed by atoms with Crippen molar-refractivity contribution in [2.24, 2.45) is 5.73 Å². The van der Waals surface area contributed by atoms with E-state index in [0.29, 0.717) is 30.5 Å². The molecule has 0 aromatic heterocycles. The predicted molar refractivity (Wildman–Crippen MR) is 207 cm³/mol. The largest absolute Gasteiger partial charge is 0.478 e. The van der Waals surface area contributed by atoms with Crippen molar-refractivity contribution < 1.29 is 24.3 Å². The van der Waals surface area contributed by atoms with Gasteiger partial charge in [0.2, 0.25) is 0 Å². The van der Waals surface area contributed by atoms with Gasteiger partial charge >= 0.3 is 5.97 Å². The molecule has 1 amide bonds. The number of hydrogen-bond donors (Lipinski definition) is 5. The van der Waals surface area contributed by atoms with Crippen molar-refractivity contribution in [3.05, 3.63) is 82.2 Å². The second-order valence-corrected chi connectivity index (χ2v) is 14.6. The molecule has 0 radical (unpaired) electrons. The lowest BCUT2D eigenvalue weighted by Gasteiger charge is -2.22. The number of allylic oxidation sites excluding steroid dienone is 4. The van der Waals surface area contributed by atoms with Gasteiger partial charge in [-0.25, -0.2) is 4.79 Å². The third-order valence-corrected chi connectivity index (χ3v) is 9.41. The maximum Gasteiger partial charge on any atom is 0.335 e. The molecule has 2 aromatic rings. The van der Waals surface area contributed by atoms with Crippen LogP contribution in [0.3, 0.4) is 0 Å². The zero-order chi connectivity index (χ0) is 36.5. The Labute approximate surface area is 303 Å². The number of hydrogen-bond acceptors (Lipinski definition) is 8. The molecule has 0 bridgehead atoms. The Hall–Kier alpha value is -3.72. The van der Waals surface area contributed by atoms with Crippen molar-refractivity contribution in [1.29, 1.82) is 0 Å². The van der Waals surface area contributed by atoms with E-state index in [2.05, 4.69) is 27.8 Å². The first-order valence-electron chi connectivity index (χ1n) is 17.7. The Bertz CT molecular complexity index is 1530. The number of anilines is 2. The molecule has 6 rings (SSSR count). The van der Waals surface area contributed by atoms with Gasteiger partial charge in [0, 0.05) is 64.4 Å². The van der Waals surface area contributed by atoms with E-state index in [9.17, 15) is 19.2 Å². The van der Waals surface area contributed by atoms with Gasteiger partial charge in [-0.1, -0.05) is 50.3 Å². The van der Waals surface area contributed by atoms with E-state index < -0.39 is 5.97 Å². The molecule has 0 spiro atoms. The Kier molecular flexibility index (Phi) is 17.5. The highest BCUT2D eigenvalue weighted by atomic mass is 32.4. The van der Waals surface area contributed by atoms with Crippen LogP contribution >= 0.6 is 7.36 Å². The topological polar surface area (TPSA) is 151 Å². The molecule has 2 saturated carbocycles. The molecule has 0 saturated heterocycles. The summed E-state index contributed by atoms with van der Waals surface area (Å²) in [5, 5.41) is 18.3. The number of carbonyl (C=O) groups is 4. The summed E-state index contributed by atoms with van der Waals surface area (Å²) < 4.78 is 0. The number of carboxylic acid groups (broad SMARTS) is 1. The van der Waals surface area contributed by atoms with Crippen molar-refractivity contribution in [3.8, 4) is 0 Å². The molecule has 0 aliphatic heterocycles. The molecule has 0 heterocycles. The van der Waals surface area contributed by atoms with Gasteiger partial charge in [0.15, 0.2) is 11.6 Å². The van der Waals surface area contributed by atoms with Gasteiger partial charge in [0.25, 0.3) is 5.91 Å². The molecule has 2 aromatic carbocycles. The molecular formula is C39H53N4O5PS.